The number of rotatable bonds is 7. The molecule has 6 heteroatoms. The molecular formula is C12H24N2O4. The zero-order valence-corrected chi connectivity index (χ0v) is 11.0. The Labute approximate surface area is 108 Å². The number of carboxylic acids is 1. The van der Waals surface area contributed by atoms with Crippen molar-refractivity contribution < 1.29 is 19.7 Å². The number of aliphatic carboxylic acids is 1. The molecule has 1 saturated heterocycles. The molecule has 2 N–H and O–H groups in total. The van der Waals surface area contributed by atoms with Crippen molar-refractivity contribution >= 4 is 5.97 Å². The molecule has 1 fully saturated rings. The Hall–Kier alpha value is -0.690. The van der Waals surface area contributed by atoms with Gasteiger partial charge in [-0.1, -0.05) is 0 Å². The molecule has 6 nitrogen and oxygen atoms in total. The van der Waals surface area contributed by atoms with Crippen molar-refractivity contribution in [2.24, 2.45) is 0 Å². The maximum absolute atomic E-state index is 10.6. The molecule has 18 heavy (non-hydrogen) atoms. The minimum absolute atomic E-state index is 0.106. The van der Waals surface area contributed by atoms with Crippen LogP contribution >= 0.6 is 0 Å². The zero-order valence-electron chi connectivity index (χ0n) is 11.0. The summed E-state index contributed by atoms with van der Waals surface area (Å²) in [7, 11) is 0. The van der Waals surface area contributed by atoms with E-state index in [1.807, 2.05) is 11.8 Å². The second kappa shape index (κ2) is 8.42. The molecule has 0 bridgehead atoms. The van der Waals surface area contributed by atoms with Crippen molar-refractivity contribution in [1.29, 1.82) is 0 Å². The summed E-state index contributed by atoms with van der Waals surface area (Å²) in [5.74, 6) is -0.778. The van der Waals surface area contributed by atoms with Gasteiger partial charge >= 0.3 is 5.97 Å². The summed E-state index contributed by atoms with van der Waals surface area (Å²) < 4.78 is 5.18. The Bertz CT molecular complexity index is 250. The van der Waals surface area contributed by atoms with E-state index in [0.29, 0.717) is 19.8 Å². The Morgan fingerprint density at radius 2 is 1.94 bits per heavy atom. The van der Waals surface area contributed by atoms with Crippen molar-refractivity contribution in [3.63, 3.8) is 0 Å². The van der Waals surface area contributed by atoms with Crippen LogP contribution < -0.4 is 0 Å². The summed E-state index contributed by atoms with van der Waals surface area (Å²) >= 11 is 0. The van der Waals surface area contributed by atoms with E-state index in [4.69, 9.17) is 9.84 Å². The summed E-state index contributed by atoms with van der Waals surface area (Å²) in [5, 5.41) is 18.5. The van der Waals surface area contributed by atoms with E-state index in [1.165, 1.54) is 0 Å². The predicted octanol–water partition coefficient (Wildman–Crippen LogP) is -0.524. The van der Waals surface area contributed by atoms with Crippen LogP contribution in [-0.2, 0) is 9.53 Å². The van der Waals surface area contributed by atoms with E-state index in [2.05, 4.69) is 4.90 Å². The first-order chi connectivity index (χ1) is 8.61. The van der Waals surface area contributed by atoms with Crippen LogP contribution in [-0.4, -0.2) is 84.6 Å². The number of aliphatic hydroxyl groups is 1. The molecule has 0 amide bonds. The highest BCUT2D eigenvalue weighted by Gasteiger charge is 2.18. The van der Waals surface area contributed by atoms with Gasteiger partial charge < -0.3 is 14.9 Å². The Morgan fingerprint density at radius 3 is 2.61 bits per heavy atom. The highest BCUT2D eigenvalue weighted by molar-refractivity contribution is 5.69. The molecule has 0 aliphatic carbocycles. The fourth-order valence-electron chi connectivity index (χ4n) is 2.16. The Morgan fingerprint density at radius 1 is 1.28 bits per heavy atom. The maximum atomic E-state index is 10.6. The Kier molecular flexibility index (Phi) is 7.19. The summed E-state index contributed by atoms with van der Waals surface area (Å²) in [6.45, 7) is 6.85. The van der Waals surface area contributed by atoms with E-state index in [0.717, 1.165) is 32.6 Å². The van der Waals surface area contributed by atoms with Gasteiger partial charge in [-0.25, -0.2) is 0 Å². The molecule has 1 aliphatic rings. The number of ether oxygens (including phenoxy) is 1. The zero-order chi connectivity index (χ0) is 13.4. The van der Waals surface area contributed by atoms with Gasteiger partial charge in [-0.2, -0.15) is 0 Å². The third-order valence-corrected chi connectivity index (χ3v) is 3.02. The van der Waals surface area contributed by atoms with Gasteiger partial charge in [-0.15, -0.1) is 0 Å². The molecule has 1 atom stereocenters. The lowest BCUT2D eigenvalue weighted by molar-refractivity contribution is -0.138. The van der Waals surface area contributed by atoms with Gasteiger partial charge in [-0.05, 0) is 19.9 Å². The van der Waals surface area contributed by atoms with Crippen molar-refractivity contribution in [3.8, 4) is 0 Å². The number of aliphatic hydroxyl groups excluding tert-OH is 1. The number of carbonyl (C=O) groups is 1. The topological polar surface area (TPSA) is 73.2 Å². The third-order valence-electron chi connectivity index (χ3n) is 3.02. The van der Waals surface area contributed by atoms with E-state index in [1.54, 1.807) is 0 Å². The third kappa shape index (κ3) is 6.30. The Balaban J connectivity index is 2.26. The average Bonchev–Trinajstić information content (AvgIpc) is 2.52. The molecular weight excluding hydrogens is 236 g/mol. The fourth-order valence-corrected chi connectivity index (χ4v) is 2.16. The molecule has 0 spiro atoms. The van der Waals surface area contributed by atoms with Crippen molar-refractivity contribution in [2.45, 2.75) is 19.4 Å². The van der Waals surface area contributed by atoms with E-state index < -0.39 is 12.1 Å². The lowest BCUT2D eigenvalue weighted by atomic mass is 10.3. The van der Waals surface area contributed by atoms with Gasteiger partial charge in [0.2, 0.25) is 0 Å². The van der Waals surface area contributed by atoms with Crippen molar-refractivity contribution in [1.82, 2.24) is 9.80 Å². The fraction of sp³-hybridized carbons (Fsp3) is 0.917. The van der Waals surface area contributed by atoms with Crippen LogP contribution in [0.1, 0.15) is 13.3 Å². The van der Waals surface area contributed by atoms with E-state index in [9.17, 15) is 9.90 Å². The van der Waals surface area contributed by atoms with Crippen molar-refractivity contribution in [3.05, 3.63) is 0 Å². The number of β-amino-alcohol motifs (C(OH)–C–C–N with tert-alkyl or cyclic N) is 1. The standard InChI is InChI=1S/C12H24N2O4/c1-2-18-10-11(15)8-13-4-3-5-14(7-6-13)9-12(16)17/h11,15H,2-10H2,1H3,(H,16,17). The van der Waals surface area contributed by atoms with Crippen molar-refractivity contribution in [2.75, 3.05) is 52.5 Å². The van der Waals surface area contributed by atoms with E-state index >= 15 is 0 Å². The molecule has 1 unspecified atom stereocenters. The number of hydrogen-bond acceptors (Lipinski definition) is 5. The highest BCUT2D eigenvalue weighted by atomic mass is 16.5. The summed E-state index contributed by atoms with van der Waals surface area (Å²) in [5.41, 5.74) is 0. The van der Waals surface area contributed by atoms with Gasteiger partial charge in [0, 0.05) is 32.8 Å². The normalized spacial score (nSPS) is 20.6. The van der Waals surface area contributed by atoms with Crippen LogP contribution in [0.25, 0.3) is 0 Å². The SMILES string of the molecule is CCOCC(O)CN1CCCN(CC(=O)O)CC1. The minimum Gasteiger partial charge on any atom is -0.480 e. The van der Waals surface area contributed by atoms with Crippen LogP contribution in [0.2, 0.25) is 0 Å². The largest absolute Gasteiger partial charge is 0.480 e. The van der Waals surface area contributed by atoms with Gasteiger partial charge in [0.15, 0.2) is 0 Å². The molecule has 0 aromatic heterocycles. The number of nitrogens with zero attached hydrogens (tertiary/aromatic N) is 2. The summed E-state index contributed by atoms with van der Waals surface area (Å²) in [6, 6.07) is 0. The smallest absolute Gasteiger partial charge is 0.317 e. The van der Waals surface area contributed by atoms with Gasteiger partial charge in [0.25, 0.3) is 0 Å². The molecule has 0 radical (unpaired) electrons. The van der Waals surface area contributed by atoms with Crippen LogP contribution in [0.3, 0.4) is 0 Å². The van der Waals surface area contributed by atoms with Crippen LogP contribution in [0, 0.1) is 0 Å². The first kappa shape index (κ1) is 15.4. The average molecular weight is 260 g/mol. The predicted molar refractivity (Wildman–Crippen MR) is 67.6 cm³/mol. The first-order valence-corrected chi connectivity index (χ1v) is 6.54. The number of carboxylic acid groups (broad SMARTS) is 1. The van der Waals surface area contributed by atoms with Gasteiger partial charge in [-0.3, -0.25) is 14.6 Å². The summed E-state index contributed by atoms with van der Waals surface area (Å²) in [6.07, 6.45) is 0.477. The van der Waals surface area contributed by atoms with Gasteiger partial charge in [0.05, 0.1) is 19.3 Å². The first-order valence-electron chi connectivity index (χ1n) is 6.54. The molecule has 1 rings (SSSR count). The molecule has 1 aliphatic heterocycles. The molecule has 106 valence electrons. The van der Waals surface area contributed by atoms with Crippen LogP contribution in [0.4, 0.5) is 0 Å². The molecule has 1 heterocycles. The maximum Gasteiger partial charge on any atom is 0.317 e. The van der Waals surface area contributed by atoms with Gasteiger partial charge in [0.1, 0.15) is 0 Å². The summed E-state index contributed by atoms with van der Waals surface area (Å²) in [4.78, 5) is 14.8. The second-order valence-electron chi connectivity index (χ2n) is 4.64. The van der Waals surface area contributed by atoms with Crippen LogP contribution in [0.5, 0.6) is 0 Å². The quantitative estimate of drug-likeness (QED) is 0.641. The number of hydrogen-bond donors (Lipinski definition) is 2. The monoisotopic (exact) mass is 260 g/mol. The lowest BCUT2D eigenvalue weighted by Gasteiger charge is -2.23. The molecule has 0 aromatic carbocycles. The van der Waals surface area contributed by atoms with E-state index in [-0.39, 0.29) is 6.54 Å². The molecule has 0 saturated carbocycles. The molecule has 0 aromatic rings. The second-order valence-corrected chi connectivity index (χ2v) is 4.64. The van der Waals surface area contributed by atoms with Crippen LogP contribution in [0.15, 0.2) is 0 Å². The minimum atomic E-state index is -0.778. The lowest BCUT2D eigenvalue weighted by Crippen LogP contribution is -2.38. The highest BCUT2D eigenvalue weighted by Crippen LogP contribution is 2.04.